The van der Waals surface area contributed by atoms with Crippen LogP contribution < -0.4 is 15.1 Å². The number of halogens is 2. The summed E-state index contributed by atoms with van der Waals surface area (Å²) in [5.41, 5.74) is 2.98. The monoisotopic (exact) mass is 806 g/mol. The van der Waals surface area contributed by atoms with Crippen molar-refractivity contribution in [3.63, 3.8) is 0 Å². The van der Waals surface area contributed by atoms with Gasteiger partial charge in [-0.3, -0.25) is 9.69 Å². The first kappa shape index (κ1) is 44.4. The molecule has 2 aromatic carbocycles. The molecule has 0 saturated carbocycles. The van der Waals surface area contributed by atoms with E-state index in [-0.39, 0.29) is 17.8 Å². The summed E-state index contributed by atoms with van der Waals surface area (Å²) in [6, 6.07) is 11.6. The summed E-state index contributed by atoms with van der Waals surface area (Å²) < 4.78 is 21.5. The van der Waals surface area contributed by atoms with Crippen molar-refractivity contribution in [3.05, 3.63) is 57.6 Å². The molecule has 4 aliphatic heterocycles. The largest absolute Gasteiger partial charge is 0.444 e. The quantitative estimate of drug-likeness (QED) is 0.357. The number of nitrogens with zero attached hydrogens (tertiary/aromatic N) is 5. The Hall–Kier alpha value is -3.33. The zero-order valence-electron chi connectivity index (χ0n) is 33.4. The Bertz CT molecular complexity index is 1530. The van der Waals surface area contributed by atoms with Crippen molar-refractivity contribution >= 4 is 53.0 Å². The van der Waals surface area contributed by atoms with Gasteiger partial charge in [0.2, 0.25) is 0 Å². The molecule has 0 unspecified atom stereocenters. The average Bonchev–Trinajstić information content (AvgIpc) is 3.16. The highest BCUT2D eigenvalue weighted by atomic mass is 35.5. The number of aldehydes is 1. The Kier molecular flexibility index (Phi) is 17.2. The van der Waals surface area contributed by atoms with Crippen LogP contribution in [-0.2, 0) is 25.5 Å². The fourth-order valence-corrected chi connectivity index (χ4v) is 6.78. The van der Waals surface area contributed by atoms with Crippen LogP contribution in [0.4, 0.5) is 21.0 Å². The van der Waals surface area contributed by atoms with E-state index in [1.807, 2.05) is 65.8 Å². The minimum Gasteiger partial charge on any atom is -0.444 e. The van der Waals surface area contributed by atoms with Crippen LogP contribution in [0.1, 0.15) is 57.5 Å². The second kappa shape index (κ2) is 21.3. The van der Waals surface area contributed by atoms with Crippen molar-refractivity contribution in [2.45, 2.75) is 59.3 Å². The van der Waals surface area contributed by atoms with Gasteiger partial charge >= 0.3 is 12.2 Å². The number of carbonyl (C=O) groups is 3. The lowest BCUT2D eigenvalue weighted by molar-refractivity contribution is 0.0138. The third-order valence-corrected chi connectivity index (χ3v) is 9.80. The van der Waals surface area contributed by atoms with Gasteiger partial charge in [0.05, 0.1) is 37.0 Å². The van der Waals surface area contributed by atoms with E-state index in [4.69, 9.17) is 42.1 Å². The van der Waals surface area contributed by atoms with E-state index in [1.54, 1.807) is 15.9 Å². The number of ether oxygens (including phenoxy) is 4. The minimum atomic E-state index is -0.459. The van der Waals surface area contributed by atoms with Gasteiger partial charge in [0.25, 0.3) is 0 Å². The van der Waals surface area contributed by atoms with Gasteiger partial charge in [-0.1, -0.05) is 35.3 Å². The van der Waals surface area contributed by atoms with Crippen LogP contribution in [0.25, 0.3) is 0 Å². The zero-order valence-corrected chi connectivity index (χ0v) is 34.9. The highest BCUT2D eigenvalue weighted by Gasteiger charge is 2.27. The molecule has 4 aliphatic rings. The van der Waals surface area contributed by atoms with Crippen LogP contribution in [-0.4, -0.2) is 149 Å². The predicted octanol–water partition coefficient (Wildman–Crippen LogP) is 6.05. The maximum Gasteiger partial charge on any atom is 0.410 e. The summed E-state index contributed by atoms with van der Waals surface area (Å²) in [6.45, 7) is 24.6. The summed E-state index contributed by atoms with van der Waals surface area (Å²) in [5, 5.41) is 4.49. The number of anilines is 2. The van der Waals surface area contributed by atoms with E-state index in [9.17, 15) is 14.4 Å². The molecule has 4 heterocycles. The highest BCUT2D eigenvalue weighted by Crippen LogP contribution is 2.30. The summed E-state index contributed by atoms with van der Waals surface area (Å²) in [5.74, 6) is 0. The lowest BCUT2D eigenvalue weighted by Gasteiger charge is -2.37. The zero-order chi connectivity index (χ0) is 40.0. The molecule has 2 aromatic rings. The SMILES string of the molecule is CC(C)(C)OC(=O)N1CCN(Cc2c(Cl)cccc2N2CCOCC2)CC1.CC(C)(C)OC(=O)N1CCNCC1.O=Cc1c(Cl)cccc1N1CCOCC1. The van der Waals surface area contributed by atoms with Gasteiger partial charge in [0.15, 0.2) is 6.29 Å². The molecule has 0 bridgehead atoms. The Morgan fingerprint density at radius 2 is 1.13 bits per heavy atom. The van der Waals surface area contributed by atoms with Crippen LogP contribution in [0.2, 0.25) is 10.0 Å². The van der Waals surface area contributed by atoms with Crippen LogP contribution in [0, 0.1) is 0 Å². The molecule has 0 spiro atoms. The van der Waals surface area contributed by atoms with E-state index in [1.165, 1.54) is 5.69 Å². The second-order valence-electron chi connectivity index (χ2n) is 15.7. The molecule has 13 nitrogen and oxygen atoms in total. The van der Waals surface area contributed by atoms with E-state index in [0.717, 1.165) is 108 Å². The maximum atomic E-state index is 12.2. The number of carbonyl (C=O) groups excluding carboxylic acids is 3. The Morgan fingerprint density at radius 1 is 0.673 bits per heavy atom. The molecule has 0 aliphatic carbocycles. The summed E-state index contributed by atoms with van der Waals surface area (Å²) in [6.07, 6.45) is 0.385. The maximum absolute atomic E-state index is 12.2. The van der Waals surface area contributed by atoms with Crippen molar-refractivity contribution in [3.8, 4) is 0 Å². The number of benzene rings is 2. The van der Waals surface area contributed by atoms with Crippen LogP contribution in [0.3, 0.4) is 0 Å². The number of hydrogen-bond acceptors (Lipinski definition) is 11. The first-order chi connectivity index (χ1) is 26.1. The topological polar surface area (TPSA) is 116 Å². The highest BCUT2D eigenvalue weighted by molar-refractivity contribution is 6.33. The number of amides is 2. The van der Waals surface area contributed by atoms with Gasteiger partial charge in [-0.2, -0.15) is 0 Å². The molecule has 2 amide bonds. The van der Waals surface area contributed by atoms with Gasteiger partial charge in [-0.25, -0.2) is 9.59 Å². The van der Waals surface area contributed by atoms with E-state index in [0.29, 0.717) is 36.9 Å². The number of morpholine rings is 2. The Labute approximate surface area is 337 Å². The van der Waals surface area contributed by atoms with Crippen LogP contribution in [0.15, 0.2) is 36.4 Å². The van der Waals surface area contributed by atoms with Crippen LogP contribution >= 0.6 is 23.2 Å². The number of hydrogen-bond donors (Lipinski definition) is 1. The third-order valence-electron chi connectivity index (χ3n) is 9.12. The molecular weight excluding hydrogens is 747 g/mol. The van der Waals surface area contributed by atoms with Crippen molar-refractivity contribution in [1.29, 1.82) is 0 Å². The first-order valence-corrected chi connectivity index (χ1v) is 20.0. The molecule has 55 heavy (non-hydrogen) atoms. The normalized spacial score (nSPS) is 18.3. The molecule has 15 heteroatoms. The van der Waals surface area contributed by atoms with Gasteiger partial charge in [0, 0.05) is 107 Å². The molecule has 6 rings (SSSR count). The standard InChI is InChI=1S/C20H30ClN3O3.C11H12ClNO2.C9H18N2O2/c1-20(2,3)27-19(25)24-9-7-22(8-10-24)15-16-17(21)5-4-6-18(16)23-11-13-26-14-12-23;12-10-2-1-3-11(9(10)8-14)13-4-6-15-7-5-13;1-9(2,3)13-8(12)11-6-4-10-5-7-11/h4-6H,7-15H2,1-3H3;1-3,8H,4-7H2;10H,4-7H2,1-3H3. The molecule has 0 atom stereocenters. The summed E-state index contributed by atoms with van der Waals surface area (Å²) >= 11 is 12.5. The van der Waals surface area contributed by atoms with Gasteiger partial charge in [-0.15, -0.1) is 0 Å². The minimum absolute atomic E-state index is 0.200. The number of piperazine rings is 2. The summed E-state index contributed by atoms with van der Waals surface area (Å²) in [4.78, 5) is 45.0. The fourth-order valence-electron chi connectivity index (χ4n) is 6.34. The van der Waals surface area contributed by atoms with Crippen molar-refractivity contribution in [1.82, 2.24) is 20.0 Å². The smallest absolute Gasteiger partial charge is 0.410 e. The van der Waals surface area contributed by atoms with Gasteiger partial charge < -0.3 is 43.9 Å². The number of nitrogens with one attached hydrogen (secondary N) is 1. The molecule has 0 aromatic heterocycles. The number of rotatable bonds is 5. The second-order valence-corrected chi connectivity index (χ2v) is 16.5. The van der Waals surface area contributed by atoms with Crippen LogP contribution in [0.5, 0.6) is 0 Å². The van der Waals surface area contributed by atoms with Crippen molar-refractivity contribution < 1.29 is 33.3 Å². The molecule has 4 fully saturated rings. The summed E-state index contributed by atoms with van der Waals surface area (Å²) in [7, 11) is 0. The average molecular weight is 808 g/mol. The lowest BCUT2D eigenvalue weighted by atomic mass is 10.1. The predicted molar refractivity (Wildman–Crippen MR) is 218 cm³/mol. The van der Waals surface area contributed by atoms with E-state index >= 15 is 0 Å². The lowest BCUT2D eigenvalue weighted by Crippen LogP contribution is -2.49. The molecule has 306 valence electrons. The van der Waals surface area contributed by atoms with Gasteiger partial charge in [0.1, 0.15) is 11.2 Å². The van der Waals surface area contributed by atoms with E-state index < -0.39 is 5.60 Å². The van der Waals surface area contributed by atoms with Gasteiger partial charge in [-0.05, 0) is 65.8 Å². The Morgan fingerprint density at radius 3 is 1.62 bits per heavy atom. The van der Waals surface area contributed by atoms with Crippen molar-refractivity contribution in [2.24, 2.45) is 0 Å². The first-order valence-electron chi connectivity index (χ1n) is 19.2. The molecule has 1 N–H and O–H groups in total. The third kappa shape index (κ3) is 14.6. The molecular formula is C40H60Cl2N6O7. The van der Waals surface area contributed by atoms with Crippen molar-refractivity contribution in [2.75, 3.05) is 115 Å². The molecule has 0 radical (unpaired) electrons. The molecule has 4 saturated heterocycles. The fraction of sp³-hybridized carbons (Fsp3) is 0.625. The Balaban J connectivity index is 0.000000202. The van der Waals surface area contributed by atoms with E-state index in [2.05, 4.69) is 26.1 Å².